The summed E-state index contributed by atoms with van der Waals surface area (Å²) in [5, 5.41) is 14.8. The van der Waals surface area contributed by atoms with Crippen LogP contribution in [0.15, 0.2) is 42.5 Å². The molecule has 2 aromatic rings. The number of carbonyl (C=O) groups excluding carboxylic acids is 1. The van der Waals surface area contributed by atoms with Crippen molar-refractivity contribution in [1.29, 1.82) is 0 Å². The average molecular weight is 322 g/mol. The number of nitrogens with one attached hydrogen (secondary N) is 2. The van der Waals surface area contributed by atoms with Crippen molar-refractivity contribution in [2.75, 3.05) is 11.1 Å². The van der Waals surface area contributed by atoms with E-state index in [-0.39, 0.29) is 5.75 Å². The average Bonchev–Trinajstić information content (AvgIpc) is 2.45. The van der Waals surface area contributed by atoms with Crippen molar-refractivity contribution < 1.29 is 14.6 Å². The van der Waals surface area contributed by atoms with Crippen LogP contribution in [-0.2, 0) is 0 Å². The van der Waals surface area contributed by atoms with Crippen LogP contribution in [0, 0.1) is 0 Å². The van der Waals surface area contributed by atoms with E-state index in [0.717, 1.165) is 0 Å². The van der Waals surface area contributed by atoms with Gasteiger partial charge in [0.15, 0.2) is 6.23 Å². The van der Waals surface area contributed by atoms with Crippen LogP contribution in [-0.4, -0.2) is 17.4 Å². The van der Waals surface area contributed by atoms with Crippen LogP contribution >= 0.6 is 11.6 Å². The fourth-order valence-electron chi connectivity index (χ4n) is 1.71. The van der Waals surface area contributed by atoms with Crippen LogP contribution in [0.1, 0.15) is 6.92 Å². The largest absolute Gasteiger partial charge is 0.508 e. The Morgan fingerprint density at radius 1 is 1.27 bits per heavy atom. The Morgan fingerprint density at radius 2 is 1.95 bits per heavy atom. The van der Waals surface area contributed by atoms with Crippen molar-refractivity contribution >= 4 is 29.0 Å². The van der Waals surface area contributed by atoms with E-state index in [2.05, 4.69) is 10.6 Å². The fraction of sp³-hybridized carbons (Fsp3) is 0.133. The van der Waals surface area contributed by atoms with E-state index < -0.39 is 12.3 Å². The molecule has 5 N–H and O–H groups in total. The molecule has 0 aromatic heterocycles. The topological polar surface area (TPSA) is 96.6 Å². The number of phenols is 1. The minimum absolute atomic E-state index is 0.144. The Labute approximate surface area is 132 Å². The summed E-state index contributed by atoms with van der Waals surface area (Å²) in [6.07, 6.45) is -0.561. The molecule has 2 aromatic carbocycles. The van der Waals surface area contributed by atoms with E-state index in [1.807, 2.05) is 0 Å². The van der Waals surface area contributed by atoms with Gasteiger partial charge in [0.2, 0.25) is 0 Å². The van der Waals surface area contributed by atoms with Gasteiger partial charge < -0.3 is 26.2 Å². The van der Waals surface area contributed by atoms with E-state index in [1.54, 1.807) is 37.3 Å². The van der Waals surface area contributed by atoms with E-state index in [1.165, 1.54) is 12.1 Å². The van der Waals surface area contributed by atoms with Crippen LogP contribution in [0.5, 0.6) is 11.5 Å². The van der Waals surface area contributed by atoms with E-state index in [4.69, 9.17) is 22.1 Å². The highest BCUT2D eigenvalue weighted by molar-refractivity contribution is 6.33. The summed E-state index contributed by atoms with van der Waals surface area (Å²) >= 11 is 5.88. The molecule has 0 saturated heterocycles. The van der Waals surface area contributed by atoms with Gasteiger partial charge in [-0.15, -0.1) is 0 Å². The minimum atomic E-state index is -0.561. The first-order chi connectivity index (χ1) is 10.4. The zero-order valence-corrected chi connectivity index (χ0v) is 12.6. The standard InChI is InChI=1S/C15H16ClN3O3/c1-9(22-12-5-3-11(20)4-6-12)18-15(21)19-10-2-7-14(17)13(16)8-10/h2-9,20H,17H2,1H3,(H2,18,19,21). The molecule has 22 heavy (non-hydrogen) atoms. The predicted molar refractivity (Wildman–Crippen MR) is 86.2 cm³/mol. The number of ether oxygens (including phenoxy) is 1. The third-order valence-corrected chi connectivity index (χ3v) is 3.07. The SMILES string of the molecule is CC(NC(=O)Nc1ccc(N)c(Cl)c1)Oc1ccc(O)cc1. The summed E-state index contributed by atoms with van der Waals surface area (Å²) in [5.74, 6) is 0.673. The second-order valence-electron chi connectivity index (χ2n) is 4.59. The number of anilines is 2. The summed E-state index contributed by atoms with van der Waals surface area (Å²) in [6.45, 7) is 1.68. The first-order valence-corrected chi connectivity index (χ1v) is 6.90. The Bertz CT molecular complexity index is 662. The van der Waals surface area contributed by atoms with Gasteiger partial charge in [0.25, 0.3) is 0 Å². The molecule has 0 heterocycles. The second-order valence-corrected chi connectivity index (χ2v) is 5.00. The molecule has 116 valence electrons. The number of phenolic OH excluding ortho intramolecular Hbond substituents is 1. The highest BCUT2D eigenvalue weighted by Gasteiger charge is 2.09. The third-order valence-electron chi connectivity index (χ3n) is 2.74. The lowest BCUT2D eigenvalue weighted by atomic mass is 10.3. The second kappa shape index (κ2) is 6.91. The number of amides is 2. The van der Waals surface area contributed by atoms with Crippen LogP contribution in [0.4, 0.5) is 16.2 Å². The van der Waals surface area contributed by atoms with Crippen molar-refractivity contribution in [2.45, 2.75) is 13.2 Å². The highest BCUT2D eigenvalue weighted by atomic mass is 35.5. The lowest BCUT2D eigenvalue weighted by Crippen LogP contribution is -2.39. The zero-order valence-electron chi connectivity index (χ0n) is 11.8. The smallest absolute Gasteiger partial charge is 0.322 e. The third kappa shape index (κ3) is 4.46. The van der Waals surface area contributed by atoms with Crippen LogP contribution in [0.2, 0.25) is 5.02 Å². The van der Waals surface area contributed by atoms with Crippen molar-refractivity contribution in [3.8, 4) is 11.5 Å². The molecule has 0 bridgehead atoms. The molecule has 1 unspecified atom stereocenters. The fourth-order valence-corrected chi connectivity index (χ4v) is 1.90. The van der Waals surface area contributed by atoms with Gasteiger partial charge in [-0.2, -0.15) is 0 Å². The summed E-state index contributed by atoms with van der Waals surface area (Å²) in [4.78, 5) is 11.8. The number of hydrogen-bond donors (Lipinski definition) is 4. The first-order valence-electron chi connectivity index (χ1n) is 6.52. The van der Waals surface area contributed by atoms with Gasteiger partial charge in [-0.05, 0) is 49.4 Å². The summed E-state index contributed by atoms with van der Waals surface area (Å²) in [6, 6.07) is 10.6. The molecular formula is C15H16ClN3O3. The minimum Gasteiger partial charge on any atom is -0.508 e. The zero-order chi connectivity index (χ0) is 16.1. The van der Waals surface area contributed by atoms with Gasteiger partial charge in [-0.1, -0.05) is 11.6 Å². The summed E-state index contributed by atoms with van der Waals surface area (Å²) in [5.41, 5.74) is 6.56. The number of hydrogen-bond acceptors (Lipinski definition) is 4. The number of nitrogen functional groups attached to an aromatic ring is 1. The monoisotopic (exact) mass is 321 g/mol. The first kappa shape index (κ1) is 15.8. The number of halogens is 1. The molecule has 7 heteroatoms. The highest BCUT2D eigenvalue weighted by Crippen LogP contribution is 2.22. The van der Waals surface area contributed by atoms with Gasteiger partial charge in [0.1, 0.15) is 11.5 Å². The number of rotatable bonds is 4. The molecule has 2 rings (SSSR count). The number of carbonyl (C=O) groups is 1. The Hall–Kier alpha value is -2.60. The lowest BCUT2D eigenvalue weighted by Gasteiger charge is -2.17. The molecule has 0 aliphatic carbocycles. The van der Waals surface area contributed by atoms with Crippen molar-refractivity contribution in [1.82, 2.24) is 5.32 Å². The molecule has 0 fully saturated rings. The number of benzene rings is 2. The Balaban J connectivity index is 1.88. The number of urea groups is 1. The molecule has 2 amide bonds. The number of nitrogens with two attached hydrogens (primary N) is 1. The predicted octanol–water partition coefficient (Wildman–Crippen LogP) is 3.17. The molecule has 0 saturated carbocycles. The van der Waals surface area contributed by atoms with Gasteiger partial charge in [-0.25, -0.2) is 4.79 Å². The van der Waals surface area contributed by atoms with Crippen molar-refractivity contribution in [2.24, 2.45) is 0 Å². The van der Waals surface area contributed by atoms with Gasteiger partial charge >= 0.3 is 6.03 Å². The van der Waals surface area contributed by atoms with Crippen molar-refractivity contribution in [3.63, 3.8) is 0 Å². The maximum absolute atomic E-state index is 11.8. The lowest BCUT2D eigenvalue weighted by molar-refractivity contribution is 0.183. The molecule has 6 nitrogen and oxygen atoms in total. The number of aromatic hydroxyl groups is 1. The summed E-state index contributed by atoms with van der Waals surface area (Å²) in [7, 11) is 0. The summed E-state index contributed by atoms with van der Waals surface area (Å²) < 4.78 is 5.49. The van der Waals surface area contributed by atoms with Gasteiger partial charge in [-0.3, -0.25) is 0 Å². The van der Waals surface area contributed by atoms with Crippen molar-refractivity contribution in [3.05, 3.63) is 47.5 Å². The van der Waals surface area contributed by atoms with Crippen LogP contribution in [0.3, 0.4) is 0 Å². The quantitative estimate of drug-likeness (QED) is 0.513. The Kier molecular flexibility index (Phi) is 4.95. The van der Waals surface area contributed by atoms with Gasteiger partial charge in [0, 0.05) is 5.69 Å². The molecule has 0 aliphatic heterocycles. The molecule has 0 radical (unpaired) electrons. The molecule has 0 spiro atoms. The maximum Gasteiger partial charge on any atom is 0.322 e. The van der Waals surface area contributed by atoms with Gasteiger partial charge in [0.05, 0.1) is 10.7 Å². The van der Waals surface area contributed by atoms with Crippen LogP contribution in [0.25, 0.3) is 0 Å². The van der Waals surface area contributed by atoms with Crippen LogP contribution < -0.4 is 21.1 Å². The molecule has 1 atom stereocenters. The van der Waals surface area contributed by atoms with E-state index >= 15 is 0 Å². The van der Waals surface area contributed by atoms with E-state index in [0.29, 0.717) is 22.1 Å². The molecule has 0 aliphatic rings. The molecular weight excluding hydrogens is 306 g/mol. The normalized spacial score (nSPS) is 11.5. The van der Waals surface area contributed by atoms with E-state index in [9.17, 15) is 9.90 Å². The maximum atomic E-state index is 11.8. The Morgan fingerprint density at radius 3 is 2.59 bits per heavy atom.